The topological polar surface area (TPSA) is 42.0 Å². The highest BCUT2D eigenvalue weighted by molar-refractivity contribution is 6.35. The molecule has 0 bridgehead atoms. The summed E-state index contributed by atoms with van der Waals surface area (Å²) in [6.07, 6.45) is 1.66. The van der Waals surface area contributed by atoms with Crippen LogP contribution in [-0.2, 0) is 0 Å². The van der Waals surface area contributed by atoms with E-state index in [2.05, 4.69) is 10.3 Å². The van der Waals surface area contributed by atoms with E-state index in [1.807, 2.05) is 24.3 Å². The molecule has 0 fully saturated rings. The molecule has 0 spiro atoms. The Bertz CT molecular complexity index is 808. The summed E-state index contributed by atoms with van der Waals surface area (Å²) in [7, 11) is 0. The molecule has 3 nitrogen and oxygen atoms in total. The van der Waals surface area contributed by atoms with Crippen LogP contribution in [0.15, 0.2) is 54.7 Å². The zero-order valence-electron chi connectivity index (χ0n) is 10.8. The Morgan fingerprint density at radius 1 is 1.00 bits per heavy atom. The summed E-state index contributed by atoms with van der Waals surface area (Å²) < 4.78 is 0. The number of nitrogens with zero attached hydrogens (tertiary/aromatic N) is 1. The smallest absolute Gasteiger partial charge is 0.257 e. The molecule has 5 heteroatoms. The zero-order valence-corrected chi connectivity index (χ0v) is 12.3. The highest BCUT2D eigenvalue weighted by atomic mass is 35.5. The standard InChI is InChI=1S/C16H10Cl2N2O/c17-11-7-12(18)9-13(8-11)20-16(21)14-5-1-3-10-4-2-6-19-15(10)14/h1-9H,(H,20,21). The predicted octanol–water partition coefficient (Wildman–Crippen LogP) is 4.79. The van der Waals surface area contributed by atoms with Crippen molar-refractivity contribution >= 4 is 45.7 Å². The monoisotopic (exact) mass is 316 g/mol. The number of pyridine rings is 1. The summed E-state index contributed by atoms with van der Waals surface area (Å²) in [5.41, 5.74) is 1.71. The summed E-state index contributed by atoms with van der Waals surface area (Å²) in [6, 6.07) is 14.1. The first kappa shape index (κ1) is 13.9. The highest BCUT2D eigenvalue weighted by Crippen LogP contribution is 2.24. The van der Waals surface area contributed by atoms with Gasteiger partial charge in [0, 0.05) is 27.3 Å². The fourth-order valence-electron chi connectivity index (χ4n) is 2.11. The Morgan fingerprint density at radius 3 is 2.48 bits per heavy atom. The largest absolute Gasteiger partial charge is 0.322 e. The first-order valence-electron chi connectivity index (χ1n) is 6.25. The minimum Gasteiger partial charge on any atom is -0.322 e. The van der Waals surface area contributed by atoms with E-state index < -0.39 is 0 Å². The molecule has 0 radical (unpaired) electrons. The van der Waals surface area contributed by atoms with Crippen molar-refractivity contribution in [3.8, 4) is 0 Å². The number of halogens is 2. The fourth-order valence-corrected chi connectivity index (χ4v) is 2.64. The number of aromatic nitrogens is 1. The van der Waals surface area contributed by atoms with Gasteiger partial charge in [0.2, 0.25) is 0 Å². The Hall–Kier alpha value is -2.10. The average molecular weight is 317 g/mol. The summed E-state index contributed by atoms with van der Waals surface area (Å²) in [4.78, 5) is 16.7. The molecule has 0 saturated heterocycles. The SMILES string of the molecule is O=C(Nc1cc(Cl)cc(Cl)c1)c1cccc2cccnc12. The number of hydrogen-bond acceptors (Lipinski definition) is 2. The van der Waals surface area contributed by atoms with Gasteiger partial charge < -0.3 is 5.32 Å². The molecule has 3 aromatic rings. The number of benzene rings is 2. The quantitative estimate of drug-likeness (QED) is 0.738. The molecule has 0 unspecified atom stereocenters. The summed E-state index contributed by atoms with van der Waals surface area (Å²) in [5.74, 6) is -0.252. The third kappa shape index (κ3) is 2.99. The van der Waals surface area contributed by atoms with Crippen LogP contribution in [0.3, 0.4) is 0 Å². The average Bonchev–Trinajstić information content (AvgIpc) is 2.45. The van der Waals surface area contributed by atoms with Crippen molar-refractivity contribution in [1.82, 2.24) is 4.98 Å². The number of nitrogens with one attached hydrogen (secondary N) is 1. The van der Waals surface area contributed by atoms with E-state index in [9.17, 15) is 4.79 Å². The van der Waals surface area contributed by atoms with Gasteiger partial charge in [-0.3, -0.25) is 9.78 Å². The molecule has 21 heavy (non-hydrogen) atoms. The third-order valence-electron chi connectivity index (χ3n) is 3.00. The number of hydrogen-bond donors (Lipinski definition) is 1. The van der Waals surface area contributed by atoms with Crippen molar-refractivity contribution in [3.05, 3.63) is 70.3 Å². The zero-order chi connectivity index (χ0) is 14.8. The molecular weight excluding hydrogens is 307 g/mol. The molecule has 0 aliphatic carbocycles. The lowest BCUT2D eigenvalue weighted by molar-refractivity contribution is 0.102. The molecule has 1 amide bonds. The van der Waals surface area contributed by atoms with Gasteiger partial charge in [-0.05, 0) is 30.3 Å². The van der Waals surface area contributed by atoms with Gasteiger partial charge in [-0.2, -0.15) is 0 Å². The van der Waals surface area contributed by atoms with Crippen molar-refractivity contribution in [2.75, 3.05) is 5.32 Å². The molecule has 104 valence electrons. The molecule has 1 aromatic heterocycles. The Labute approximate surface area is 131 Å². The summed E-state index contributed by atoms with van der Waals surface area (Å²) >= 11 is 11.9. The van der Waals surface area contributed by atoms with Gasteiger partial charge in [-0.1, -0.05) is 41.4 Å². The van der Waals surface area contributed by atoms with Crippen molar-refractivity contribution in [1.29, 1.82) is 0 Å². The van der Waals surface area contributed by atoms with Crippen LogP contribution in [0.4, 0.5) is 5.69 Å². The van der Waals surface area contributed by atoms with Crippen LogP contribution >= 0.6 is 23.2 Å². The molecule has 0 saturated carbocycles. The van der Waals surface area contributed by atoms with Gasteiger partial charge in [0.15, 0.2) is 0 Å². The molecule has 3 rings (SSSR count). The molecule has 0 aliphatic heterocycles. The van der Waals surface area contributed by atoms with E-state index >= 15 is 0 Å². The molecular formula is C16H10Cl2N2O. The van der Waals surface area contributed by atoms with E-state index in [4.69, 9.17) is 23.2 Å². The lowest BCUT2D eigenvalue weighted by Gasteiger charge is -2.08. The molecule has 0 atom stereocenters. The van der Waals surface area contributed by atoms with E-state index in [1.165, 1.54) is 0 Å². The second kappa shape index (κ2) is 5.72. The van der Waals surface area contributed by atoms with E-state index in [-0.39, 0.29) is 5.91 Å². The maximum atomic E-state index is 12.4. The van der Waals surface area contributed by atoms with Crippen LogP contribution in [0.25, 0.3) is 10.9 Å². The van der Waals surface area contributed by atoms with E-state index in [1.54, 1.807) is 30.5 Å². The van der Waals surface area contributed by atoms with Crippen molar-refractivity contribution in [2.24, 2.45) is 0 Å². The van der Waals surface area contributed by atoms with Gasteiger partial charge in [-0.15, -0.1) is 0 Å². The number of anilines is 1. The van der Waals surface area contributed by atoms with Crippen LogP contribution in [-0.4, -0.2) is 10.9 Å². The Morgan fingerprint density at radius 2 is 1.71 bits per heavy atom. The van der Waals surface area contributed by atoms with Gasteiger partial charge >= 0.3 is 0 Å². The second-order valence-corrected chi connectivity index (χ2v) is 5.37. The van der Waals surface area contributed by atoms with Crippen LogP contribution < -0.4 is 5.32 Å². The Balaban J connectivity index is 1.97. The minimum absolute atomic E-state index is 0.252. The highest BCUT2D eigenvalue weighted by Gasteiger charge is 2.11. The van der Waals surface area contributed by atoms with Gasteiger partial charge in [-0.25, -0.2) is 0 Å². The number of carbonyl (C=O) groups excluding carboxylic acids is 1. The first-order valence-corrected chi connectivity index (χ1v) is 7.00. The molecule has 1 heterocycles. The normalized spacial score (nSPS) is 10.6. The third-order valence-corrected chi connectivity index (χ3v) is 3.43. The van der Waals surface area contributed by atoms with Crippen molar-refractivity contribution in [3.63, 3.8) is 0 Å². The van der Waals surface area contributed by atoms with Crippen LogP contribution in [0, 0.1) is 0 Å². The molecule has 0 aliphatic rings. The number of rotatable bonds is 2. The Kier molecular flexibility index (Phi) is 3.78. The lowest BCUT2D eigenvalue weighted by atomic mass is 10.1. The van der Waals surface area contributed by atoms with Gasteiger partial charge in [0.05, 0.1) is 11.1 Å². The van der Waals surface area contributed by atoms with Crippen LogP contribution in [0.5, 0.6) is 0 Å². The minimum atomic E-state index is -0.252. The maximum Gasteiger partial charge on any atom is 0.257 e. The fraction of sp³-hybridized carbons (Fsp3) is 0. The van der Waals surface area contributed by atoms with Crippen LogP contribution in [0.2, 0.25) is 10.0 Å². The summed E-state index contributed by atoms with van der Waals surface area (Å²) in [5, 5.41) is 4.63. The van der Waals surface area contributed by atoms with Crippen molar-refractivity contribution in [2.45, 2.75) is 0 Å². The summed E-state index contributed by atoms with van der Waals surface area (Å²) in [6.45, 7) is 0. The predicted molar refractivity (Wildman–Crippen MR) is 86.2 cm³/mol. The number of fused-ring (bicyclic) bond motifs is 1. The lowest BCUT2D eigenvalue weighted by Crippen LogP contribution is -2.12. The van der Waals surface area contributed by atoms with Crippen LogP contribution in [0.1, 0.15) is 10.4 Å². The van der Waals surface area contributed by atoms with Gasteiger partial charge in [0.25, 0.3) is 5.91 Å². The number of carbonyl (C=O) groups is 1. The van der Waals surface area contributed by atoms with E-state index in [0.29, 0.717) is 26.8 Å². The molecule has 2 aromatic carbocycles. The van der Waals surface area contributed by atoms with Crippen molar-refractivity contribution < 1.29 is 4.79 Å². The van der Waals surface area contributed by atoms with E-state index in [0.717, 1.165) is 5.39 Å². The number of para-hydroxylation sites is 1. The maximum absolute atomic E-state index is 12.4. The van der Waals surface area contributed by atoms with Gasteiger partial charge in [0.1, 0.15) is 0 Å². The second-order valence-electron chi connectivity index (χ2n) is 4.49. The molecule has 1 N–H and O–H groups in total. The number of amides is 1. The first-order chi connectivity index (χ1) is 10.1.